The number of nitrogens with one attached hydrogen (secondary N) is 2. The number of hydrogen-bond donors (Lipinski definition) is 2. The second-order valence-corrected chi connectivity index (χ2v) is 4.23. The van der Waals surface area contributed by atoms with Gasteiger partial charge in [-0.2, -0.15) is 0 Å². The van der Waals surface area contributed by atoms with E-state index in [4.69, 9.17) is 4.74 Å². The number of hydrogen-bond acceptors (Lipinski definition) is 5. The molecule has 2 aromatic rings. The zero-order valence-corrected chi connectivity index (χ0v) is 10.6. The van der Waals surface area contributed by atoms with Crippen molar-refractivity contribution in [3.8, 4) is 5.75 Å². The molecule has 1 aromatic carbocycles. The Labute approximate surface area is 114 Å². The van der Waals surface area contributed by atoms with E-state index in [0.717, 1.165) is 0 Å². The molecule has 0 fully saturated rings. The Morgan fingerprint density at radius 2 is 1.95 bits per heavy atom. The number of rotatable bonds is 3. The third kappa shape index (κ3) is 1.97. The van der Waals surface area contributed by atoms with Crippen molar-refractivity contribution >= 4 is 17.3 Å². The largest absolute Gasteiger partial charge is 0.497 e. The van der Waals surface area contributed by atoms with E-state index < -0.39 is 0 Å². The van der Waals surface area contributed by atoms with E-state index in [0.29, 0.717) is 11.4 Å². The smallest absolute Gasteiger partial charge is 0.227 e. The molecule has 0 atom stereocenters. The van der Waals surface area contributed by atoms with E-state index in [1.807, 2.05) is 0 Å². The van der Waals surface area contributed by atoms with Gasteiger partial charge in [-0.15, -0.1) is 0 Å². The first kappa shape index (κ1) is 12.2. The molecule has 0 saturated heterocycles. The number of fused-ring (bicyclic) bond motifs is 1. The summed E-state index contributed by atoms with van der Waals surface area (Å²) in [7, 11) is 1.58. The van der Waals surface area contributed by atoms with Crippen LogP contribution in [0, 0.1) is 0 Å². The Hall–Kier alpha value is -2.89. The molecule has 0 radical (unpaired) electrons. The standard InChI is InChI=1S/C14H11N3O3/c1-20-9-4-2-8(3-5-9)17-10-6-11(18)12-13(14(10)19)16-7-15-12/h2-7,17H,1H3,(H,15,16). The van der Waals surface area contributed by atoms with Gasteiger partial charge in [0.05, 0.1) is 19.1 Å². The first-order valence-corrected chi connectivity index (χ1v) is 5.94. The van der Waals surface area contributed by atoms with Gasteiger partial charge in [-0.3, -0.25) is 9.59 Å². The van der Waals surface area contributed by atoms with Crippen LogP contribution in [-0.2, 0) is 0 Å². The fourth-order valence-corrected chi connectivity index (χ4v) is 1.98. The van der Waals surface area contributed by atoms with Crippen molar-refractivity contribution in [1.82, 2.24) is 9.97 Å². The van der Waals surface area contributed by atoms with Gasteiger partial charge in [-0.05, 0) is 24.3 Å². The molecule has 1 heterocycles. The number of ketones is 2. The summed E-state index contributed by atoms with van der Waals surface area (Å²) in [5.74, 6) is 0.135. The van der Waals surface area contributed by atoms with Crippen molar-refractivity contribution in [3.05, 3.63) is 53.8 Å². The summed E-state index contributed by atoms with van der Waals surface area (Å²) in [4.78, 5) is 30.5. The average molecular weight is 269 g/mol. The summed E-state index contributed by atoms with van der Waals surface area (Å²) >= 11 is 0. The first-order chi connectivity index (χ1) is 9.69. The number of imidazole rings is 1. The second kappa shape index (κ2) is 4.65. The van der Waals surface area contributed by atoms with Crippen molar-refractivity contribution in [2.45, 2.75) is 0 Å². The minimum Gasteiger partial charge on any atom is -0.497 e. The van der Waals surface area contributed by atoms with Crippen LogP contribution in [0.3, 0.4) is 0 Å². The summed E-state index contributed by atoms with van der Waals surface area (Å²) in [5.41, 5.74) is 1.29. The molecule has 2 N–H and O–H groups in total. The zero-order valence-electron chi connectivity index (χ0n) is 10.6. The van der Waals surface area contributed by atoms with Crippen molar-refractivity contribution in [2.75, 3.05) is 12.4 Å². The van der Waals surface area contributed by atoms with Crippen LogP contribution in [0.1, 0.15) is 21.0 Å². The molecule has 100 valence electrons. The number of Topliss-reactive ketones (excluding diaryl/α,β-unsaturated/α-hetero) is 1. The van der Waals surface area contributed by atoms with E-state index in [1.54, 1.807) is 31.4 Å². The molecular weight excluding hydrogens is 258 g/mol. The van der Waals surface area contributed by atoms with Crippen LogP contribution in [0.2, 0.25) is 0 Å². The average Bonchev–Trinajstić information content (AvgIpc) is 2.95. The Morgan fingerprint density at radius 1 is 1.20 bits per heavy atom. The van der Waals surface area contributed by atoms with E-state index in [1.165, 1.54) is 12.4 Å². The molecule has 0 unspecified atom stereocenters. The number of nitrogens with zero attached hydrogens (tertiary/aromatic N) is 1. The number of ether oxygens (including phenoxy) is 1. The lowest BCUT2D eigenvalue weighted by atomic mass is 10.0. The van der Waals surface area contributed by atoms with Crippen LogP contribution in [0.5, 0.6) is 5.75 Å². The van der Waals surface area contributed by atoms with Gasteiger partial charge in [0, 0.05) is 11.8 Å². The molecule has 0 amide bonds. The number of carbonyl (C=O) groups is 2. The lowest BCUT2D eigenvalue weighted by Gasteiger charge is -2.13. The Morgan fingerprint density at radius 3 is 2.65 bits per heavy atom. The van der Waals surface area contributed by atoms with E-state index in [2.05, 4.69) is 15.3 Å². The summed E-state index contributed by atoms with van der Waals surface area (Å²) in [6.07, 6.45) is 2.60. The van der Waals surface area contributed by atoms with Gasteiger partial charge in [-0.1, -0.05) is 0 Å². The molecule has 6 heteroatoms. The molecule has 1 aliphatic rings. The van der Waals surface area contributed by atoms with Crippen LogP contribution in [0.15, 0.2) is 42.4 Å². The van der Waals surface area contributed by atoms with Crippen LogP contribution < -0.4 is 10.1 Å². The van der Waals surface area contributed by atoms with Crippen molar-refractivity contribution < 1.29 is 14.3 Å². The molecule has 0 spiro atoms. The molecule has 1 aromatic heterocycles. The second-order valence-electron chi connectivity index (χ2n) is 4.23. The van der Waals surface area contributed by atoms with E-state index >= 15 is 0 Å². The molecule has 0 aliphatic heterocycles. The predicted octanol–water partition coefficient (Wildman–Crippen LogP) is 1.79. The van der Waals surface area contributed by atoms with E-state index in [-0.39, 0.29) is 28.7 Å². The number of allylic oxidation sites excluding steroid dienone is 2. The number of carbonyl (C=O) groups excluding carboxylic acids is 2. The number of aromatic nitrogens is 2. The maximum absolute atomic E-state index is 12.2. The predicted molar refractivity (Wildman–Crippen MR) is 71.9 cm³/mol. The quantitative estimate of drug-likeness (QED) is 0.887. The zero-order chi connectivity index (χ0) is 14.1. The molecule has 3 rings (SSSR count). The summed E-state index contributed by atoms with van der Waals surface area (Å²) in [5, 5.41) is 2.93. The molecule has 1 aliphatic carbocycles. The van der Waals surface area contributed by atoms with Gasteiger partial charge in [-0.25, -0.2) is 4.98 Å². The number of methoxy groups -OCH3 is 1. The number of aromatic amines is 1. The monoisotopic (exact) mass is 269 g/mol. The van der Waals surface area contributed by atoms with Crippen LogP contribution in [-0.4, -0.2) is 28.6 Å². The first-order valence-electron chi connectivity index (χ1n) is 5.94. The van der Waals surface area contributed by atoms with Crippen LogP contribution in [0.25, 0.3) is 0 Å². The third-order valence-electron chi connectivity index (χ3n) is 2.99. The minimum absolute atomic E-state index is 0.162. The highest BCUT2D eigenvalue weighted by Crippen LogP contribution is 2.21. The fraction of sp³-hybridized carbons (Fsp3) is 0.0714. The molecule has 6 nitrogen and oxygen atoms in total. The Bertz CT molecular complexity index is 714. The van der Waals surface area contributed by atoms with Gasteiger partial charge in [0.2, 0.25) is 11.6 Å². The van der Waals surface area contributed by atoms with Crippen LogP contribution in [0.4, 0.5) is 5.69 Å². The lowest BCUT2D eigenvalue weighted by molar-refractivity contribution is 0.0980. The van der Waals surface area contributed by atoms with Crippen LogP contribution >= 0.6 is 0 Å². The maximum atomic E-state index is 12.2. The SMILES string of the molecule is COc1ccc(NC2=CC(=O)c3nc[nH]c3C2=O)cc1. The van der Waals surface area contributed by atoms with Gasteiger partial charge in [0.1, 0.15) is 17.1 Å². The summed E-state index contributed by atoms with van der Waals surface area (Å²) < 4.78 is 5.06. The maximum Gasteiger partial charge on any atom is 0.227 e. The van der Waals surface area contributed by atoms with Crippen molar-refractivity contribution in [3.63, 3.8) is 0 Å². The van der Waals surface area contributed by atoms with E-state index in [9.17, 15) is 9.59 Å². The van der Waals surface area contributed by atoms with Gasteiger partial charge >= 0.3 is 0 Å². The highest BCUT2D eigenvalue weighted by atomic mass is 16.5. The normalized spacial score (nSPS) is 13.8. The highest BCUT2D eigenvalue weighted by molar-refractivity contribution is 6.23. The molecule has 0 saturated carbocycles. The van der Waals surface area contributed by atoms with Gasteiger partial charge < -0.3 is 15.0 Å². The Kier molecular flexibility index (Phi) is 2.83. The number of H-pyrrole nitrogens is 1. The third-order valence-corrected chi connectivity index (χ3v) is 2.99. The number of anilines is 1. The summed E-state index contributed by atoms with van der Waals surface area (Å²) in [6, 6.07) is 7.05. The fourth-order valence-electron chi connectivity index (χ4n) is 1.98. The lowest BCUT2D eigenvalue weighted by Crippen LogP contribution is -2.21. The topological polar surface area (TPSA) is 84.1 Å². The minimum atomic E-state index is -0.295. The Balaban J connectivity index is 1.87. The van der Waals surface area contributed by atoms with Crippen molar-refractivity contribution in [1.29, 1.82) is 0 Å². The summed E-state index contributed by atoms with van der Waals surface area (Å²) in [6.45, 7) is 0. The number of benzene rings is 1. The van der Waals surface area contributed by atoms with Gasteiger partial charge in [0.25, 0.3) is 0 Å². The van der Waals surface area contributed by atoms with Crippen molar-refractivity contribution in [2.24, 2.45) is 0 Å². The molecular formula is C14H11N3O3. The molecule has 0 bridgehead atoms. The van der Waals surface area contributed by atoms with Gasteiger partial charge in [0.15, 0.2) is 0 Å². The highest BCUT2D eigenvalue weighted by Gasteiger charge is 2.28. The molecule has 20 heavy (non-hydrogen) atoms.